The Kier molecular flexibility index (Phi) is 6.85. The maximum atomic E-state index is 12.5. The summed E-state index contributed by atoms with van der Waals surface area (Å²) in [4.78, 5) is 20.6. The van der Waals surface area contributed by atoms with Gasteiger partial charge in [0, 0.05) is 25.3 Å². The van der Waals surface area contributed by atoms with Crippen molar-refractivity contribution in [2.75, 3.05) is 37.7 Å². The third-order valence-electron chi connectivity index (χ3n) is 4.35. The van der Waals surface area contributed by atoms with E-state index in [1.165, 1.54) is 5.56 Å². The molecule has 1 amide bonds. The Morgan fingerprint density at radius 1 is 1.38 bits per heavy atom. The third kappa shape index (κ3) is 4.38. The first-order chi connectivity index (χ1) is 11.1. The summed E-state index contributed by atoms with van der Waals surface area (Å²) in [6.07, 6.45) is 2.15. The second-order valence-electron chi connectivity index (χ2n) is 6.08. The van der Waals surface area contributed by atoms with Crippen LogP contribution in [0.15, 0.2) is 29.3 Å². The second-order valence-corrected chi connectivity index (χ2v) is 6.08. The number of morpholine rings is 1. The topological polar surface area (TPSA) is 71.2 Å². The number of carbonyl (C=O) groups is 1. The number of halogens is 1. The van der Waals surface area contributed by atoms with Crippen LogP contribution in [0, 0.1) is 0 Å². The van der Waals surface area contributed by atoms with Crippen molar-refractivity contribution in [2.45, 2.75) is 25.9 Å². The number of guanidine groups is 1. The number of nitrogens with two attached hydrogens (primary N) is 1. The summed E-state index contributed by atoms with van der Waals surface area (Å²) >= 11 is 0. The summed E-state index contributed by atoms with van der Waals surface area (Å²) in [5, 5.41) is 0. The van der Waals surface area contributed by atoms with Crippen LogP contribution in [-0.4, -0.2) is 55.7 Å². The maximum absolute atomic E-state index is 12.5. The molecule has 1 aromatic rings. The molecule has 24 heavy (non-hydrogen) atoms. The fourth-order valence-corrected chi connectivity index (χ4v) is 3.15. The Hall–Kier alpha value is -1.35. The number of amides is 1. The molecular formula is C17H25IN4O2. The number of anilines is 1. The summed E-state index contributed by atoms with van der Waals surface area (Å²) in [5.41, 5.74) is 8.27. The Labute approximate surface area is 160 Å². The van der Waals surface area contributed by atoms with Crippen molar-refractivity contribution in [3.05, 3.63) is 29.8 Å². The molecule has 1 unspecified atom stereocenters. The van der Waals surface area contributed by atoms with Crippen molar-refractivity contribution in [3.63, 3.8) is 0 Å². The number of hydrogen-bond donors (Lipinski definition) is 1. The number of rotatable bonds is 2. The number of ether oxygens (including phenoxy) is 1. The highest BCUT2D eigenvalue weighted by molar-refractivity contribution is 14.0. The van der Waals surface area contributed by atoms with Crippen LogP contribution >= 0.6 is 24.0 Å². The maximum Gasteiger partial charge on any atom is 0.248 e. The van der Waals surface area contributed by atoms with Gasteiger partial charge >= 0.3 is 0 Å². The minimum atomic E-state index is 0. The van der Waals surface area contributed by atoms with Crippen LogP contribution in [0.1, 0.15) is 18.9 Å². The Bertz CT molecular complexity index is 608. The zero-order valence-electron chi connectivity index (χ0n) is 14.0. The molecule has 7 heteroatoms. The van der Waals surface area contributed by atoms with E-state index in [-0.39, 0.29) is 42.5 Å². The molecule has 1 aromatic carbocycles. The number of fused-ring (bicyclic) bond motifs is 1. The molecule has 3 rings (SSSR count). The average molecular weight is 444 g/mol. The van der Waals surface area contributed by atoms with Gasteiger partial charge in [0.05, 0.1) is 12.7 Å². The van der Waals surface area contributed by atoms with Crippen molar-refractivity contribution in [1.29, 1.82) is 0 Å². The van der Waals surface area contributed by atoms with Gasteiger partial charge in [-0.3, -0.25) is 4.79 Å². The van der Waals surface area contributed by atoms with E-state index in [1.807, 2.05) is 34.9 Å². The molecule has 2 aliphatic heterocycles. The van der Waals surface area contributed by atoms with E-state index in [1.54, 1.807) is 0 Å². The molecule has 1 atom stereocenters. The van der Waals surface area contributed by atoms with Crippen molar-refractivity contribution in [1.82, 2.24) is 4.90 Å². The van der Waals surface area contributed by atoms with E-state index in [0.29, 0.717) is 12.6 Å². The Balaban J connectivity index is 0.00000208. The van der Waals surface area contributed by atoms with E-state index >= 15 is 0 Å². The molecule has 1 saturated heterocycles. The van der Waals surface area contributed by atoms with E-state index in [4.69, 9.17) is 10.5 Å². The van der Waals surface area contributed by atoms with Crippen molar-refractivity contribution in [3.8, 4) is 0 Å². The minimum absolute atomic E-state index is 0. The zero-order valence-corrected chi connectivity index (χ0v) is 16.3. The minimum Gasteiger partial charge on any atom is -0.375 e. The highest BCUT2D eigenvalue weighted by atomic mass is 127. The summed E-state index contributed by atoms with van der Waals surface area (Å²) in [6.45, 7) is 4.93. The summed E-state index contributed by atoms with van der Waals surface area (Å²) < 4.78 is 5.49. The van der Waals surface area contributed by atoms with Crippen LogP contribution in [0.5, 0.6) is 0 Å². The lowest BCUT2D eigenvalue weighted by Crippen LogP contribution is -2.48. The smallest absolute Gasteiger partial charge is 0.248 e. The first-order valence-corrected chi connectivity index (χ1v) is 8.20. The summed E-state index contributed by atoms with van der Waals surface area (Å²) in [6, 6.07) is 8.07. The van der Waals surface area contributed by atoms with Gasteiger partial charge in [0.25, 0.3) is 0 Å². The summed E-state index contributed by atoms with van der Waals surface area (Å²) in [7, 11) is 0. The number of aryl methyl sites for hydroxylation is 1. The highest BCUT2D eigenvalue weighted by Gasteiger charge is 2.22. The predicted molar refractivity (Wildman–Crippen MR) is 106 cm³/mol. The molecular weight excluding hydrogens is 419 g/mol. The normalized spacial score (nSPS) is 21.0. The highest BCUT2D eigenvalue weighted by Crippen LogP contribution is 2.26. The van der Waals surface area contributed by atoms with Crippen molar-refractivity contribution < 1.29 is 9.53 Å². The average Bonchev–Trinajstić information content (AvgIpc) is 2.59. The van der Waals surface area contributed by atoms with E-state index in [2.05, 4.69) is 11.1 Å². The monoisotopic (exact) mass is 444 g/mol. The van der Waals surface area contributed by atoms with E-state index in [0.717, 1.165) is 38.2 Å². The first kappa shape index (κ1) is 19.0. The van der Waals surface area contributed by atoms with Gasteiger partial charge in [0.2, 0.25) is 5.91 Å². The van der Waals surface area contributed by atoms with Crippen molar-refractivity contribution >= 4 is 41.5 Å². The van der Waals surface area contributed by atoms with E-state index < -0.39 is 0 Å². The van der Waals surface area contributed by atoms with Gasteiger partial charge in [0.1, 0.15) is 6.54 Å². The fraction of sp³-hybridized carbons (Fsp3) is 0.529. The number of hydrogen-bond acceptors (Lipinski definition) is 3. The van der Waals surface area contributed by atoms with Crippen LogP contribution in [-0.2, 0) is 16.0 Å². The second kappa shape index (κ2) is 8.66. The van der Waals surface area contributed by atoms with Crippen LogP contribution < -0.4 is 10.6 Å². The van der Waals surface area contributed by atoms with Gasteiger partial charge in [-0.05, 0) is 31.4 Å². The van der Waals surface area contributed by atoms with Gasteiger partial charge in [-0.25, -0.2) is 4.99 Å². The Morgan fingerprint density at radius 2 is 2.17 bits per heavy atom. The number of benzene rings is 1. The summed E-state index contributed by atoms with van der Waals surface area (Å²) in [5.74, 6) is 0.431. The molecule has 1 fully saturated rings. The van der Waals surface area contributed by atoms with Crippen LogP contribution in [0.4, 0.5) is 5.69 Å². The molecule has 2 N–H and O–H groups in total. The zero-order chi connectivity index (χ0) is 16.2. The lowest BCUT2D eigenvalue weighted by atomic mass is 10.0. The quantitative estimate of drug-likeness (QED) is 0.428. The SMILES string of the molecule is CC1CN(C(N)=NCC(=O)N2CCCc3ccccc32)CCO1.I. The van der Waals surface area contributed by atoms with Gasteiger partial charge in [-0.2, -0.15) is 0 Å². The molecule has 0 aliphatic carbocycles. The Morgan fingerprint density at radius 3 is 2.96 bits per heavy atom. The molecule has 132 valence electrons. The molecule has 2 heterocycles. The number of para-hydroxylation sites is 1. The number of nitrogens with zero attached hydrogens (tertiary/aromatic N) is 3. The van der Waals surface area contributed by atoms with Crippen molar-refractivity contribution in [2.24, 2.45) is 10.7 Å². The lowest BCUT2D eigenvalue weighted by molar-refractivity contribution is -0.117. The van der Waals surface area contributed by atoms with Gasteiger partial charge in [-0.1, -0.05) is 18.2 Å². The van der Waals surface area contributed by atoms with Crippen LogP contribution in [0.2, 0.25) is 0 Å². The number of aliphatic imine (C=N–C) groups is 1. The molecule has 6 nitrogen and oxygen atoms in total. The fourth-order valence-electron chi connectivity index (χ4n) is 3.15. The molecule has 0 aromatic heterocycles. The molecule has 0 spiro atoms. The van der Waals surface area contributed by atoms with E-state index in [9.17, 15) is 4.79 Å². The molecule has 0 radical (unpaired) electrons. The lowest BCUT2D eigenvalue weighted by Gasteiger charge is -2.32. The van der Waals surface area contributed by atoms with Crippen LogP contribution in [0.3, 0.4) is 0 Å². The standard InChI is InChI=1S/C17H24N4O2.HI/c1-13-12-20(9-10-23-13)17(18)19-11-16(22)21-8-4-6-14-5-2-3-7-15(14)21;/h2-3,5,7,13H,4,6,8-12H2,1H3,(H2,18,19);1H. The molecule has 0 saturated carbocycles. The van der Waals surface area contributed by atoms with Crippen LogP contribution in [0.25, 0.3) is 0 Å². The molecule has 0 bridgehead atoms. The van der Waals surface area contributed by atoms with Gasteiger partial charge in [0.15, 0.2) is 5.96 Å². The molecule has 2 aliphatic rings. The number of carbonyl (C=O) groups excluding carboxylic acids is 1. The first-order valence-electron chi connectivity index (χ1n) is 8.20. The van der Waals surface area contributed by atoms with Gasteiger partial charge < -0.3 is 20.3 Å². The van der Waals surface area contributed by atoms with Gasteiger partial charge in [-0.15, -0.1) is 24.0 Å². The third-order valence-corrected chi connectivity index (χ3v) is 4.35. The largest absolute Gasteiger partial charge is 0.375 e. The predicted octanol–water partition coefficient (Wildman–Crippen LogP) is 1.62.